The average molecular weight is 172 g/mol. The van der Waals surface area contributed by atoms with Crippen molar-refractivity contribution < 1.29 is 0 Å². The Bertz CT molecular complexity index is 136. The highest BCUT2D eigenvalue weighted by Gasteiger charge is 2.27. The fraction of sp³-hybridized carbons (Fsp3) is 1.00. The Morgan fingerprint density at radius 2 is 2.27 bits per heavy atom. The minimum Gasteiger partial charge on any atom is -0.314 e. The fourth-order valence-corrected chi connectivity index (χ4v) is 2.87. The zero-order valence-electron chi connectivity index (χ0n) is 6.97. The van der Waals surface area contributed by atoms with E-state index in [1.54, 1.807) is 0 Å². The molecule has 2 unspecified atom stereocenters. The average Bonchev–Trinajstić information content (AvgIpc) is 2.27. The van der Waals surface area contributed by atoms with Crippen molar-refractivity contribution in [3.63, 3.8) is 0 Å². The zero-order chi connectivity index (χ0) is 7.68. The van der Waals surface area contributed by atoms with Gasteiger partial charge in [-0.1, -0.05) is 6.92 Å². The molecule has 0 aromatic rings. The van der Waals surface area contributed by atoms with Crippen LogP contribution in [0, 0.1) is 0 Å². The molecule has 11 heavy (non-hydrogen) atoms. The summed E-state index contributed by atoms with van der Waals surface area (Å²) in [6.07, 6.45) is 1.36. The second-order valence-corrected chi connectivity index (χ2v) is 4.98. The lowest BCUT2D eigenvalue weighted by atomic mass is 10.1. The first-order valence-corrected chi connectivity index (χ1v) is 5.49. The van der Waals surface area contributed by atoms with Gasteiger partial charge in [-0.05, 0) is 12.2 Å². The van der Waals surface area contributed by atoms with Crippen LogP contribution in [0.15, 0.2) is 0 Å². The smallest absolute Gasteiger partial charge is 0.0320 e. The van der Waals surface area contributed by atoms with Crippen molar-refractivity contribution in [3.8, 4) is 0 Å². The first-order chi connectivity index (χ1) is 5.36. The van der Waals surface area contributed by atoms with Crippen molar-refractivity contribution in [2.24, 2.45) is 0 Å². The van der Waals surface area contributed by atoms with E-state index in [1.807, 2.05) is 0 Å². The third-order valence-corrected chi connectivity index (χ3v) is 3.93. The molecule has 2 fully saturated rings. The summed E-state index contributed by atoms with van der Waals surface area (Å²) in [6, 6.07) is 1.55. The Labute approximate surface area is 72.5 Å². The highest BCUT2D eigenvalue weighted by Crippen LogP contribution is 2.26. The Kier molecular flexibility index (Phi) is 2.39. The summed E-state index contributed by atoms with van der Waals surface area (Å²) in [5, 5.41) is 7.79. The van der Waals surface area contributed by atoms with Gasteiger partial charge in [0.2, 0.25) is 0 Å². The van der Waals surface area contributed by atoms with Crippen molar-refractivity contribution in [3.05, 3.63) is 0 Å². The highest BCUT2D eigenvalue weighted by molar-refractivity contribution is 8.00. The zero-order valence-corrected chi connectivity index (χ0v) is 7.79. The van der Waals surface area contributed by atoms with Crippen molar-refractivity contribution in [2.45, 2.75) is 30.7 Å². The summed E-state index contributed by atoms with van der Waals surface area (Å²) in [5.74, 6) is 1.35. The molecule has 0 radical (unpaired) electrons. The summed E-state index contributed by atoms with van der Waals surface area (Å²) >= 11 is 2.10. The Hall–Kier alpha value is 0.270. The number of nitrogens with one attached hydrogen (secondary N) is 2. The van der Waals surface area contributed by atoms with Gasteiger partial charge in [0.25, 0.3) is 0 Å². The third kappa shape index (κ3) is 1.71. The molecule has 0 spiro atoms. The molecule has 3 heteroatoms. The van der Waals surface area contributed by atoms with Gasteiger partial charge >= 0.3 is 0 Å². The maximum atomic E-state index is 3.68. The monoisotopic (exact) mass is 172 g/mol. The van der Waals surface area contributed by atoms with E-state index in [0.717, 1.165) is 17.3 Å². The van der Waals surface area contributed by atoms with Gasteiger partial charge in [0.1, 0.15) is 0 Å². The molecule has 2 rings (SSSR count). The Morgan fingerprint density at radius 1 is 1.45 bits per heavy atom. The fourth-order valence-electron chi connectivity index (χ4n) is 1.66. The van der Waals surface area contributed by atoms with Gasteiger partial charge in [-0.2, -0.15) is 11.8 Å². The van der Waals surface area contributed by atoms with E-state index in [2.05, 4.69) is 29.3 Å². The molecular formula is C8H16N2S. The lowest BCUT2D eigenvalue weighted by Gasteiger charge is -2.32. The minimum atomic E-state index is 0.765. The molecule has 2 nitrogen and oxygen atoms in total. The molecule has 2 saturated heterocycles. The standard InChI is InChI=1S/C8H16N2S/c1-6-8(2-3-11-6)10-7-4-9-5-7/h6-10H,2-5H2,1H3. The van der Waals surface area contributed by atoms with E-state index in [1.165, 1.54) is 25.3 Å². The van der Waals surface area contributed by atoms with Crippen LogP contribution < -0.4 is 10.6 Å². The summed E-state index contributed by atoms with van der Waals surface area (Å²) in [5.41, 5.74) is 0. The number of hydrogen-bond acceptors (Lipinski definition) is 3. The van der Waals surface area contributed by atoms with E-state index in [-0.39, 0.29) is 0 Å². The lowest BCUT2D eigenvalue weighted by Crippen LogP contribution is -2.58. The maximum absolute atomic E-state index is 3.68. The van der Waals surface area contributed by atoms with Gasteiger partial charge in [0.05, 0.1) is 0 Å². The SMILES string of the molecule is CC1SCCC1NC1CNC1. The molecule has 2 aliphatic rings. The summed E-state index contributed by atoms with van der Waals surface area (Å²) in [4.78, 5) is 0. The number of thioether (sulfide) groups is 1. The van der Waals surface area contributed by atoms with Crippen molar-refractivity contribution in [1.29, 1.82) is 0 Å². The minimum absolute atomic E-state index is 0.765. The summed E-state index contributed by atoms with van der Waals surface area (Å²) in [6.45, 7) is 4.68. The van der Waals surface area contributed by atoms with Crippen LogP contribution in [0.4, 0.5) is 0 Å². The van der Waals surface area contributed by atoms with Crippen LogP contribution in [-0.4, -0.2) is 36.2 Å². The predicted octanol–water partition coefficient (Wildman–Crippen LogP) is 0.442. The normalized spacial score (nSPS) is 39.0. The van der Waals surface area contributed by atoms with Crippen molar-refractivity contribution >= 4 is 11.8 Å². The van der Waals surface area contributed by atoms with E-state index in [0.29, 0.717) is 0 Å². The molecule has 0 amide bonds. The molecule has 0 saturated carbocycles. The van der Waals surface area contributed by atoms with E-state index < -0.39 is 0 Å². The molecule has 2 heterocycles. The second kappa shape index (κ2) is 3.33. The molecular weight excluding hydrogens is 156 g/mol. The first kappa shape index (κ1) is 7.90. The Morgan fingerprint density at radius 3 is 2.73 bits per heavy atom. The van der Waals surface area contributed by atoms with Gasteiger partial charge in [-0.3, -0.25) is 0 Å². The van der Waals surface area contributed by atoms with E-state index in [4.69, 9.17) is 0 Å². The predicted molar refractivity (Wildman–Crippen MR) is 50.1 cm³/mol. The van der Waals surface area contributed by atoms with Crippen LogP contribution in [-0.2, 0) is 0 Å². The Balaban J connectivity index is 1.75. The third-order valence-electron chi connectivity index (χ3n) is 2.61. The number of hydrogen-bond donors (Lipinski definition) is 2. The van der Waals surface area contributed by atoms with Crippen LogP contribution in [0.3, 0.4) is 0 Å². The highest BCUT2D eigenvalue weighted by atomic mass is 32.2. The molecule has 64 valence electrons. The van der Waals surface area contributed by atoms with Gasteiger partial charge in [0, 0.05) is 30.4 Å². The molecule has 0 bridgehead atoms. The van der Waals surface area contributed by atoms with Crippen LogP contribution in [0.5, 0.6) is 0 Å². The maximum Gasteiger partial charge on any atom is 0.0320 e. The second-order valence-electron chi connectivity index (χ2n) is 3.49. The van der Waals surface area contributed by atoms with E-state index >= 15 is 0 Å². The summed E-state index contributed by atoms with van der Waals surface area (Å²) in [7, 11) is 0. The van der Waals surface area contributed by atoms with Crippen molar-refractivity contribution in [2.75, 3.05) is 18.8 Å². The molecule has 0 aliphatic carbocycles. The quantitative estimate of drug-likeness (QED) is 0.632. The van der Waals surface area contributed by atoms with Gasteiger partial charge in [-0.15, -0.1) is 0 Å². The van der Waals surface area contributed by atoms with Crippen LogP contribution >= 0.6 is 11.8 Å². The molecule has 2 N–H and O–H groups in total. The molecule has 0 aromatic heterocycles. The molecule has 2 aliphatic heterocycles. The van der Waals surface area contributed by atoms with Crippen LogP contribution in [0.1, 0.15) is 13.3 Å². The molecule has 2 atom stereocenters. The first-order valence-electron chi connectivity index (χ1n) is 4.44. The largest absolute Gasteiger partial charge is 0.314 e. The molecule has 0 aromatic carbocycles. The van der Waals surface area contributed by atoms with Gasteiger partial charge in [-0.25, -0.2) is 0 Å². The lowest BCUT2D eigenvalue weighted by molar-refractivity contribution is 0.326. The van der Waals surface area contributed by atoms with E-state index in [9.17, 15) is 0 Å². The topological polar surface area (TPSA) is 24.1 Å². The van der Waals surface area contributed by atoms with Crippen molar-refractivity contribution in [1.82, 2.24) is 10.6 Å². The number of rotatable bonds is 2. The summed E-state index contributed by atoms with van der Waals surface area (Å²) < 4.78 is 0. The van der Waals surface area contributed by atoms with Gasteiger partial charge in [0.15, 0.2) is 0 Å². The van der Waals surface area contributed by atoms with Gasteiger partial charge < -0.3 is 10.6 Å². The van der Waals surface area contributed by atoms with Crippen LogP contribution in [0.2, 0.25) is 0 Å². The van der Waals surface area contributed by atoms with Crippen LogP contribution in [0.25, 0.3) is 0 Å².